The van der Waals surface area contributed by atoms with Gasteiger partial charge in [-0.25, -0.2) is 0 Å². The number of nitrogens with one attached hydrogen (secondary N) is 1. The molecule has 1 fully saturated rings. The molecule has 2 aromatic rings. The van der Waals surface area contributed by atoms with Crippen molar-refractivity contribution < 1.29 is 23.8 Å². The lowest BCUT2D eigenvalue weighted by Gasteiger charge is -2.18. The second kappa shape index (κ2) is 8.58. The van der Waals surface area contributed by atoms with Gasteiger partial charge in [0.05, 0.1) is 20.6 Å². The lowest BCUT2D eigenvalue weighted by Crippen LogP contribution is -2.33. The fourth-order valence-electron chi connectivity index (χ4n) is 2.74. The Hall–Kier alpha value is -3.02. The number of amides is 1. The quantitative estimate of drug-likeness (QED) is 0.725. The van der Waals surface area contributed by atoms with Gasteiger partial charge in [-0.1, -0.05) is 36.4 Å². The van der Waals surface area contributed by atoms with Crippen molar-refractivity contribution >= 4 is 11.9 Å². The van der Waals surface area contributed by atoms with Crippen LogP contribution in [-0.2, 0) is 20.7 Å². The summed E-state index contributed by atoms with van der Waals surface area (Å²) in [5, 5.41) is 2.90. The summed E-state index contributed by atoms with van der Waals surface area (Å²) in [6.45, 7) is 0. The smallest absolute Gasteiger partial charge is 0.311 e. The fraction of sp³-hybridized carbons (Fsp3) is 0.333. The SMILES string of the molecule is COc1ccc(CC(=O)O[C@H](C(=O)NC2CC2)c2ccccc2)cc1OC. The van der Waals surface area contributed by atoms with Gasteiger partial charge >= 0.3 is 5.97 Å². The van der Waals surface area contributed by atoms with Crippen molar-refractivity contribution in [3.63, 3.8) is 0 Å². The lowest BCUT2D eigenvalue weighted by atomic mass is 10.1. The van der Waals surface area contributed by atoms with Crippen molar-refractivity contribution in [1.29, 1.82) is 0 Å². The Morgan fingerprint density at radius 3 is 2.37 bits per heavy atom. The first-order valence-electron chi connectivity index (χ1n) is 8.86. The zero-order valence-electron chi connectivity index (χ0n) is 15.4. The van der Waals surface area contributed by atoms with E-state index in [-0.39, 0.29) is 18.4 Å². The predicted molar refractivity (Wildman–Crippen MR) is 99.7 cm³/mol. The summed E-state index contributed by atoms with van der Waals surface area (Å²) in [6.07, 6.45) is 1.000. The van der Waals surface area contributed by atoms with Gasteiger partial charge in [-0.05, 0) is 30.5 Å². The van der Waals surface area contributed by atoms with E-state index in [9.17, 15) is 9.59 Å². The minimum Gasteiger partial charge on any atom is -0.493 e. The van der Waals surface area contributed by atoms with Crippen LogP contribution in [0.5, 0.6) is 11.5 Å². The third kappa shape index (κ3) is 5.00. The maximum absolute atomic E-state index is 12.5. The number of ether oxygens (including phenoxy) is 3. The first-order chi connectivity index (χ1) is 13.1. The average Bonchev–Trinajstić information content (AvgIpc) is 3.50. The molecule has 142 valence electrons. The molecule has 0 aliphatic heterocycles. The van der Waals surface area contributed by atoms with Crippen LogP contribution in [0.2, 0.25) is 0 Å². The molecule has 0 aromatic heterocycles. The maximum atomic E-state index is 12.5. The Bertz CT molecular complexity index is 801. The first-order valence-corrected chi connectivity index (χ1v) is 8.86. The van der Waals surface area contributed by atoms with Crippen molar-refractivity contribution in [2.45, 2.75) is 31.4 Å². The zero-order chi connectivity index (χ0) is 19.2. The topological polar surface area (TPSA) is 73.9 Å². The third-order valence-electron chi connectivity index (χ3n) is 4.31. The normalized spacial score (nSPS) is 14.1. The fourth-order valence-corrected chi connectivity index (χ4v) is 2.74. The van der Waals surface area contributed by atoms with Crippen molar-refractivity contribution in [2.75, 3.05) is 14.2 Å². The summed E-state index contributed by atoms with van der Waals surface area (Å²) in [6, 6.07) is 14.5. The summed E-state index contributed by atoms with van der Waals surface area (Å²) in [5.74, 6) is 0.348. The molecule has 1 atom stereocenters. The van der Waals surface area contributed by atoms with Gasteiger partial charge in [-0.3, -0.25) is 9.59 Å². The molecule has 1 amide bonds. The van der Waals surface area contributed by atoms with Crippen molar-refractivity contribution in [3.05, 3.63) is 59.7 Å². The molecule has 1 aliphatic rings. The third-order valence-corrected chi connectivity index (χ3v) is 4.31. The van der Waals surface area contributed by atoms with Crippen LogP contribution < -0.4 is 14.8 Å². The van der Waals surface area contributed by atoms with Crippen LogP contribution in [0.3, 0.4) is 0 Å². The standard InChI is InChI=1S/C21H23NO5/c1-25-17-11-8-14(12-18(17)26-2)13-19(23)27-20(15-6-4-3-5-7-15)21(24)22-16-9-10-16/h3-8,11-12,16,20H,9-10,13H2,1-2H3,(H,22,24)/t20-/m0/s1. The molecular weight excluding hydrogens is 346 g/mol. The van der Waals surface area contributed by atoms with E-state index in [0.717, 1.165) is 12.8 Å². The van der Waals surface area contributed by atoms with Gasteiger partial charge in [0.25, 0.3) is 5.91 Å². The minimum atomic E-state index is -0.959. The summed E-state index contributed by atoms with van der Waals surface area (Å²) >= 11 is 0. The van der Waals surface area contributed by atoms with E-state index >= 15 is 0 Å². The van der Waals surface area contributed by atoms with E-state index in [2.05, 4.69) is 5.32 Å². The summed E-state index contributed by atoms with van der Waals surface area (Å²) in [4.78, 5) is 25.0. The monoisotopic (exact) mass is 369 g/mol. The molecule has 3 rings (SSSR count). The Morgan fingerprint density at radius 2 is 1.74 bits per heavy atom. The molecule has 0 saturated heterocycles. The second-order valence-electron chi connectivity index (χ2n) is 6.43. The van der Waals surface area contributed by atoms with Crippen molar-refractivity contribution in [2.24, 2.45) is 0 Å². The lowest BCUT2D eigenvalue weighted by molar-refractivity contribution is -0.156. The molecule has 0 heterocycles. The Labute approximate surface area is 158 Å². The van der Waals surface area contributed by atoms with Gasteiger partial charge in [0, 0.05) is 11.6 Å². The van der Waals surface area contributed by atoms with Gasteiger partial charge in [-0.2, -0.15) is 0 Å². The largest absolute Gasteiger partial charge is 0.493 e. The van der Waals surface area contributed by atoms with Gasteiger partial charge in [0.15, 0.2) is 11.5 Å². The molecule has 2 aromatic carbocycles. The van der Waals surface area contributed by atoms with E-state index in [0.29, 0.717) is 22.6 Å². The van der Waals surface area contributed by atoms with E-state index in [1.54, 1.807) is 37.4 Å². The molecule has 6 heteroatoms. The number of benzene rings is 2. The van der Waals surface area contributed by atoms with Crippen LogP contribution in [0.4, 0.5) is 0 Å². The Kier molecular flexibility index (Phi) is 5.96. The molecule has 1 saturated carbocycles. The van der Waals surface area contributed by atoms with Gasteiger partial charge < -0.3 is 19.5 Å². The highest BCUT2D eigenvalue weighted by Crippen LogP contribution is 2.28. The number of hydrogen-bond donors (Lipinski definition) is 1. The maximum Gasteiger partial charge on any atom is 0.311 e. The highest BCUT2D eigenvalue weighted by molar-refractivity contribution is 5.86. The Balaban J connectivity index is 1.71. The van der Waals surface area contributed by atoms with Gasteiger partial charge in [-0.15, -0.1) is 0 Å². The molecule has 1 aliphatic carbocycles. The Morgan fingerprint density at radius 1 is 1.04 bits per heavy atom. The second-order valence-corrected chi connectivity index (χ2v) is 6.43. The minimum absolute atomic E-state index is 0.0282. The number of rotatable bonds is 8. The van der Waals surface area contributed by atoms with E-state index in [1.807, 2.05) is 18.2 Å². The van der Waals surface area contributed by atoms with Crippen LogP contribution in [0.25, 0.3) is 0 Å². The zero-order valence-corrected chi connectivity index (χ0v) is 15.4. The van der Waals surface area contributed by atoms with E-state index in [4.69, 9.17) is 14.2 Å². The van der Waals surface area contributed by atoms with Crippen LogP contribution in [0, 0.1) is 0 Å². The molecule has 6 nitrogen and oxygen atoms in total. The molecule has 27 heavy (non-hydrogen) atoms. The highest BCUT2D eigenvalue weighted by atomic mass is 16.5. The number of hydrogen-bond acceptors (Lipinski definition) is 5. The van der Waals surface area contributed by atoms with Crippen LogP contribution in [0.15, 0.2) is 48.5 Å². The van der Waals surface area contributed by atoms with Crippen LogP contribution in [0.1, 0.15) is 30.1 Å². The summed E-state index contributed by atoms with van der Waals surface area (Å²) in [7, 11) is 3.09. The van der Waals surface area contributed by atoms with Crippen molar-refractivity contribution in [3.8, 4) is 11.5 Å². The summed E-state index contributed by atoms with van der Waals surface area (Å²) < 4.78 is 16.0. The molecule has 0 unspecified atom stereocenters. The van der Waals surface area contributed by atoms with Crippen molar-refractivity contribution in [1.82, 2.24) is 5.32 Å². The van der Waals surface area contributed by atoms with E-state index in [1.165, 1.54) is 7.11 Å². The predicted octanol–water partition coefficient (Wildman–Crippen LogP) is 2.81. The number of methoxy groups -OCH3 is 2. The number of carbonyl (C=O) groups is 2. The molecular formula is C21H23NO5. The average molecular weight is 369 g/mol. The molecule has 0 radical (unpaired) electrons. The van der Waals surface area contributed by atoms with Crippen LogP contribution >= 0.6 is 0 Å². The number of carbonyl (C=O) groups excluding carboxylic acids is 2. The van der Waals surface area contributed by atoms with Crippen LogP contribution in [-0.4, -0.2) is 32.1 Å². The number of esters is 1. The van der Waals surface area contributed by atoms with E-state index < -0.39 is 12.1 Å². The van der Waals surface area contributed by atoms with Gasteiger partial charge in [0.2, 0.25) is 6.10 Å². The first kappa shape index (κ1) is 18.8. The summed E-state index contributed by atoms with van der Waals surface area (Å²) in [5.41, 5.74) is 1.36. The molecule has 0 spiro atoms. The molecule has 1 N–H and O–H groups in total. The molecule has 0 bridgehead atoms. The van der Waals surface area contributed by atoms with Gasteiger partial charge in [0.1, 0.15) is 0 Å². The highest BCUT2D eigenvalue weighted by Gasteiger charge is 2.30.